The Bertz CT molecular complexity index is 790. The van der Waals surface area contributed by atoms with Gasteiger partial charge in [0.15, 0.2) is 0 Å². The lowest BCUT2D eigenvalue weighted by Gasteiger charge is -2.50. The fourth-order valence-corrected chi connectivity index (χ4v) is 6.45. The molecule has 0 aliphatic heterocycles. The Kier molecular flexibility index (Phi) is 5.64. The molecular weight excluding hydrogens is 388 g/mol. The summed E-state index contributed by atoms with van der Waals surface area (Å²) in [6, 6.07) is 3.91. The van der Waals surface area contributed by atoms with Crippen LogP contribution >= 0.6 is 0 Å². The van der Waals surface area contributed by atoms with Crippen molar-refractivity contribution in [3.05, 3.63) is 29.6 Å². The molecule has 3 fully saturated rings. The average molecular weight is 422 g/mol. The molecule has 166 valence electrons. The van der Waals surface area contributed by atoms with Gasteiger partial charge in [-0.05, 0) is 55.8 Å². The number of nitrogens with zero attached hydrogens (tertiary/aromatic N) is 2. The summed E-state index contributed by atoms with van der Waals surface area (Å²) >= 11 is 0. The maximum atomic E-state index is 13.7. The Labute approximate surface area is 177 Å². The lowest BCUT2D eigenvalue weighted by molar-refractivity contribution is -0.135. The van der Waals surface area contributed by atoms with Gasteiger partial charge in [0.25, 0.3) is 11.8 Å². The summed E-state index contributed by atoms with van der Waals surface area (Å²) in [5, 5.41) is 0. The molecule has 4 rings (SSSR count). The van der Waals surface area contributed by atoms with E-state index in [2.05, 4.69) is 23.7 Å². The van der Waals surface area contributed by atoms with E-state index in [1.165, 1.54) is 0 Å². The fraction of sp³-hybridized carbons (Fsp3) is 0.739. The first-order valence-corrected chi connectivity index (χ1v) is 11.2. The molecule has 3 aliphatic carbocycles. The second-order valence-electron chi connectivity index (χ2n) is 9.42. The lowest BCUT2D eigenvalue weighted by atomic mass is 9.65. The Morgan fingerprint density at radius 3 is 2.63 bits per heavy atom. The number of primary amides is 1. The zero-order chi connectivity index (χ0) is 21.7. The van der Waals surface area contributed by atoms with Gasteiger partial charge in [0.2, 0.25) is 0 Å². The van der Waals surface area contributed by atoms with Gasteiger partial charge in [-0.15, -0.1) is 0 Å². The van der Waals surface area contributed by atoms with Crippen molar-refractivity contribution in [2.24, 2.45) is 29.4 Å². The third-order valence-electron chi connectivity index (χ3n) is 8.12. The van der Waals surface area contributed by atoms with Gasteiger partial charge in [-0.3, -0.25) is 9.78 Å². The molecule has 0 bridgehead atoms. The first-order chi connectivity index (χ1) is 14.3. The van der Waals surface area contributed by atoms with E-state index in [-0.39, 0.29) is 23.6 Å². The Morgan fingerprint density at radius 1 is 1.33 bits per heavy atom. The summed E-state index contributed by atoms with van der Waals surface area (Å²) in [6.07, 6.45) is 5.95. The highest BCUT2D eigenvalue weighted by Crippen LogP contribution is 2.65. The average Bonchev–Trinajstić information content (AvgIpc) is 3.07. The number of rotatable bonds is 7. The van der Waals surface area contributed by atoms with Crippen LogP contribution in [0.5, 0.6) is 0 Å². The van der Waals surface area contributed by atoms with Gasteiger partial charge in [-0.2, -0.15) is 0 Å². The third-order valence-corrected chi connectivity index (χ3v) is 8.12. The zero-order valence-corrected chi connectivity index (χ0v) is 18.1. The van der Waals surface area contributed by atoms with E-state index in [9.17, 15) is 13.6 Å². The van der Waals surface area contributed by atoms with Gasteiger partial charge in [0, 0.05) is 43.6 Å². The van der Waals surface area contributed by atoms with E-state index in [0.717, 1.165) is 37.9 Å². The van der Waals surface area contributed by atoms with E-state index in [1.54, 1.807) is 19.4 Å². The smallest absolute Gasteiger partial charge is 0.267 e. The van der Waals surface area contributed by atoms with Crippen molar-refractivity contribution in [1.82, 2.24) is 9.88 Å². The third kappa shape index (κ3) is 3.34. The van der Waals surface area contributed by atoms with Crippen molar-refractivity contribution in [1.29, 1.82) is 0 Å². The number of ether oxygens (including phenoxy) is 1. The largest absolute Gasteiger partial charge is 0.373 e. The molecule has 1 heterocycles. The van der Waals surface area contributed by atoms with Crippen LogP contribution in [0.3, 0.4) is 0 Å². The monoisotopic (exact) mass is 421 g/mol. The summed E-state index contributed by atoms with van der Waals surface area (Å²) in [7, 11) is 1.74. The summed E-state index contributed by atoms with van der Waals surface area (Å²) in [4.78, 5) is 18.2. The van der Waals surface area contributed by atoms with Gasteiger partial charge in [0.05, 0.1) is 5.60 Å². The normalized spacial score (nSPS) is 37.2. The van der Waals surface area contributed by atoms with Crippen LogP contribution in [0.1, 0.15) is 62.0 Å². The summed E-state index contributed by atoms with van der Waals surface area (Å²) < 4.78 is 33.7. The second-order valence-corrected chi connectivity index (χ2v) is 9.42. The van der Waals surface area contributed by atoms with Crippen LogP contribution in [0, 0.1) is 23.7 Å². The fourth-order valence-electron chi connectivity index (χ4n) is 6.45. The highest BCUT2D eigenvalue weighted by molar-refractivity contribution is 5.90. The molecule has 0 saturated heterocycles. The van der Waals surface area contributed by atoms with Gasteiger partial charge >= 0.3 is 0 Å². The quantitative estimate of drug-likeness (QED) is 0.727. The molecule has 0 radical (unpaired) electrons. The Morgan fingerprint density at radius 2 is 2.03 bits per heavy atom. The van der Waals surface area contributed by atoms with Crippen LogP contribution in [-0.4, -0.2) is 48.0 Å². The Hall–Kier alpha value is -1.60. The number of amides is 1. The number of carbonyl (C=O) groups excluding carboxylic acids is 1. The van der Waals surface area contributed by atoms with Crippen LogP contribution in [-0.2, 0) is 10.3 Å². The van der Waals surface area contributed by atoms with Crippen LogP contribution < -0.4 is 5.73 Å². The molecule has 1 aromatic heterocycles. The van der Waals surface area contributed by atoms with E-state index in [0.29, 0.717) is 12.8 Å². The van der Waals surface area contributed by atoms with Crippen molar-refractivity contribution in [3.63, 3.8) is 0 Å². The van der Waals surface area contributed by atoms with Gasteiger partial charge in [-0.1, -0.05) is 20.3 Å². The predicted octanol–water partition coefficient (Wildman–Crippen LogP) is 3.82. The molecule has 3 saturated carbocycles. The number of carbonyl (C=O) groups is 1. The first-order valence-electron chi connectivity index (χ1n) is 11.2. The van der Waals surface area contributed by atoms with Crippen LogP contribution in [0.15, 0.2) is 18.3 Å². The van der Waals surface area contributed by atoms with Crippen LogP contribution in [0.4, 0.5) is 8.78 Å². The lowest BCUT2D eigenvalue weighted by Crippen LogP contribution is -2.51. The van der Waals surface area contributed by atoms with Gasteiger partial charge in [0.1, 0.15) is 5.69 Å². The number of halogens is 2. The number of nitrogens with two attached hydrogens (primary N) is 1. The van der Waals surface area contributed by atoms with Gasteiger partial charge < -0.3 is 15.4 Å². The molecule has 2 N–H and O–H groups in total. The SMILES string of the molecule is CCN(CC1CCCC(C)C1(OC)c1ccnc(C(N)=O)c1)C1CC2C(C1)C2(F)F. The number of hydrogen-bond acceptors (Lipinski definition) is 4. The highest BCUT2D eigenvalue weighted by atomic mass is 19.3. The van der Waals surface area contributed by atoms with Crippen LogP contribution in [0.2, 0.25) is 0 Å². The van der Waals surface area contributed by atoms with E-state index >= 15 is 0 Å². The predicted molar refractivity (Wildman–Crippen MR) is 110 cm³/mol. The topological polar surface area (TPSA) is 68.4 Å². The number of methoxy groups -OCH3 is 1. The zero-order valence-electron chi connectivity index (χ0n) is 18.1. The molecule has 30 heavy (non-hydrogen) atoms. The number of aromatic nitrogens is 1. The molecule has 1 aromatic rings. The minimum atomic E-state index is -2.44. The van der Waals surface area contributed by atoms with Crippen molar-refractivity contribution < 1.29 is 18.3 Å². The van der Waals surface area contributed by atoms with E-state index < -0.39 is 29.3 Å². The second kappa shape index (κ2) is 7.83. The molecule has 5 atom stereocenters. The summed E-state index contributed by atoms with van der Waals surface area (Å²) in [5.74, 6) is -3.38. The molecule has 3 aliphatic rings. The maximum Gasteiger partial charge on any atom is 0.267 e. The molecule has 7 heteroatoms. The van der Waals surface area contributed by atoms with Gasteiger partial charge in [-0.25, -0.2) is 8.78 Å². The minimum Gasteiger partial charge on any atom is -0.373 e. The summed E-state index contributed by atoms with van der Waals surface area (Å²) in [5.41, 5.74) is 6.10. The number of pyridine rings is 1. The summed E-state index contributed by atoms with van der Waals surface area (Å²) in [6.45, 7) is 5.95. The van der Waals surface area contributed by atoms with E-state index in [1.807, 2.05) is 6.07 Å². The molecular formula is C23H33F2N3O2. The molecule has 5 nitrogen and oxygen atoms in total. The van der Waals surface area contributed by atoms with Crippen molar-refractivity contribution in [3.8, 4) is 0 Å². The standard InChI is InChI=1S/C23H33F2N3O2/c1-4-28(17-11-18-19(12-17)23(18,24)25)13-16-7-5-6-14(2)22(16,30-3)15-8-9-27-20(10-15)21(26)29/h8-10,14,16-19H,4-7,11-13H2,1-3H3,(H2,26,29). The number of fused-ring (bicyclic) bond motifs is 1. The van der Waals surface area contributed by atoms with Crippen molar-refractivity contribution in [2.75, 3.05) is 20.2 Å². The first kappa shape index (κ1) is 21.6. The maximum absolute atomic E-state index is 13.7. The molecule has 1 amide bonds. The van der Waals surface area contributed by atoms with Crippen LogP contribution in [0.25, 0.3) is 0 Å². The number of hydrogen-bond donors (Lipinski definition) is 1. The van der Waals surface area contributed by atoms with Crippen molar-refractivity contribution >= 4 is 5.91 Å². The minimum absolute atomic E-state index is 0.201. The highest BCUT2D eigenvalue weighted by Gasteiger charge is 2.71. The molecule has 5 unspecified atom stereocenters. The molecule has 0 spiro atoms. The van der Waals surface area contributed by atoms with Crippen molar-refractivity contribution in [2.45, 2.75) is 63.5 Å². The molecule has 0 aromatic carbocycles. The van der Waals surface area contributed by atoms with E-state index in [4.69, 9.17) is 10.5 Å². The number of alkyl halides is 2. The Balaban J connectivity index is 1.60.